The average molecular weight is 359 g/mol. The van der Waals surface area contributed by atoms with Crippen molar-refractivity contribution >= 4 is 51.0 Å². The summed E-state index contributed by atoms with van der Waals surface area (Å²) in [5.41, 5.74) is 11.8. The molecule has 1 amide bonds. The van der Waals surface area contributed by atoms with Crippen LogP contribution in [0.25, 0.3) is 10.2 Å². The Morgan fingerprint density at radius 1 is 1.33 bits per heavy atom. The Bertz CT molecular complexity index is 947. The number of nitrogens with two attached hydrogens (primary N) is 1. The topological polar surface area (TPSA) is 80.4 Å². The van der Waals surface area contributed by atoms with Gasteiger partial charge >= 0.3 is 0 Å². The van der Waals surface area contributed by atoms with Crippen LogP contribution in [0.1, 0.15) is 26.5 Å². The molecule has 0 unspecified atom stereocenters. The van der Waals surface area contributed by atoms with Gasteiger partial charge in [-0.2, -0.15) is 5.10 Å². The standard InChI is InChI=1S/C17H15ClN4OS/c1-9-7-10(2)21-17-13(9)14(19)15(24-17)16(23)22-20-8-11-3-5-12(18)6-4-11/h3-8H,19H2,1-2H3,(H,22,23). The molecule has 5 nitrogen and oxygen atoms in total. The zero-order chi connectivity index (χ0) is 17.3. The number of benzene rings is 1. The third-order valence-electron chi connectivity index (χ3n) is 3.48. The minimum Gasteiger partial charge on any atom is -0.397 e. The van der Waals surface area contributed by atoms with Gasteiger partial charge in [-0.25, -0.2) is 10.4 Å². The number of rotatable bonds is 3. The predicted molar refractivity (Wildman–Crippen MR) is 100 cm³/mol. The summed E-state index contributed by atoms with van der Waals surface area (Å²) in [7, 11) is 0. The molecule has 0 aliphatic heterocycles. The second kappa shape index (κ2) is 6.59. The smallest absolute Gasteiger partial charge is 0.283 e. The normalized spacial score (nSPS) is 11.3. The molecular weight excluding hydrogens is 344 g/mol. The van der Waals surface area contributed by atoms with E-state index in [-0.39, 0.29) is 5.91 Å². The molecule has 7 heteroatoms. The number of nitrogens with zero attached hydrogens (tertiary/aromatic N) is 2. The SMILES string of the molecule is Cc1cc(C)c2c(N)c(C(=O)NN=Cc3ccc(Cl)cc3)sc2n1. The summed E-state index contributed by atoms with van der Waals surface area (Å²) in [6.45, 7) is 3.87. The van der Waals surface area contributed by atoms with Gasteiger partial charge in [-0.15, -0.1) is 11.3 Å². The van der Waals surface area contributed by atoms with E-state index in [1.54, 1.807) is 18.3 Å². The summed E-state index contributed by atoms with van der Waals surface area (Å²) in [5, 5.41) is 5.44. The van der Waals surface area contributed by atoms with Crippen molar-refractivity contribution in [2.45, 2.75) is 13.8 Å². The third kappa shape index (κ3) is 3.25. The van der Waals surface area contributed by atoms with Crippen molar-refractivity contribution in [1.29, 1.82) is 0 Å². The van der Waals surface area contributed by atoms with Gasteiger partial charge < -0.3 is 5.73 Å². The lowest BCUT2D eigenvalue weighted by Gasteiger charge is -2.00. The molecule has 0 spiro atoms. The van der Waals surface area contributed by atoms with E-state index >= 15 is 0 Å². The maximum absolute atomic E-state index is 12.3. The summed E-state index contributed by atoms with van der Waals surface area (Å²) in [6.07, 6.45) is 1.55. The Kier molecular flexibility index (Phi) is 4.51. The van der Waals surface area contributed by atoms with Crippen molar-refractivity contribution in [3.8, 4) is 0 Å². The summed E-state index contributed by atoms with van der Waals surface area (Å²) < 4.78 is 0. The second-order valence-corrected chi connectivity index (χ2v) is 6.79. The largest absolute Gasteiger partial charge is 0.397 e. The number of fused-ring (bicyclic) bond motifs is 1. The quantitative estimate of drug-likeness (QED) is 0.550. The van der Waals surface area contributed by atoms with Crippen molar-refractivity contribution in [3.63, 3.8) is 0 Å². The van der Waals surface area contributed by atoms with E-state index in [0.717, 1.165) is 27.0 Å². The van der Waals surface area contributed by atoms with Crippen molar-refractivity contribution in [2.75, 3.05) is 5.73 Å². The third-order valence-corrected chi connectivity index (χ3v) is 4.83. The molecule has 0 saturated carbocycles. The van der Waals surface area contributed by atoms with Gasteiger partial charge in [-0.05, 0) is 43.2 Å². The number of aryl methyl sites for hydroxylation is 2. The summed E-state index contributed by atoms with van der Waals surface area (Å²) in [6, 6.07) is 9.08. The van der Waals surface area contributed by atoms with Crippen LogP contribution >= 0.6 is 22.9 Å². The van der Waals surface area contributed by atoms with E-state index in [1.807, 2.05) is 32.0 Å². The van der Waals surface area contributed by atoms with E-state index < -0.39 is 0 Å². The number of nitrogens with one attached hydrogen (secondary N) is 1. The molecule has 122 valence electrons. The number of anilines is 1. The van der Waals surface area contributed by atoms with Crippen LogP contribution in [0.2, 0.25) is 5.02 Å². The predicted octanol–water partition coefficient (Wildman–Crippen LogP) is 3.91. The molecule has 0 radical (unpaired) electrons. The van der Waals surface area contributed by atoms with Crippen LogP contribution in [0.3, 0.4) is 0 Å². The molecule has 0 saturated heterocycles. The highest BCUT2D eigenvalue weighted by atomic mass is 35.5. The number of hydrogen-bond donors (Lipinski definition) is 2. The lowest BCUT2D eigenvalue weighted by molar-refractivity contribution is 0.0960. The van der Waals surface area contributed by atoms with Crippen LogP contribution < -0.4 is 11.2 Å². The monoisotopic (exact) mass is 358 g/mol. The molecule has 3 aromatic rings. The Labute approximate surface area is 148 Å². The Hall–Kier alpha value is -2.44. The van der Waals surface area contributed by atoms with Gasteiger partial charge in [0, 0.05) is 16.1 Å². The zero-order valence-corrected chi connectivity index (χ0v) is 14.7. The number of thiophene rings is 1. The minimum absolute atomic E-state index is 0.349. The molecule has 3 rings (SSSR count). The van der Waals surface area contributed by atoms with Gasteiger partial charge in [0.05, 0.1) is 11.9 Å². The lowest BCUT2D eigenvalue weighted by atomic mass is 10.1. The Morgan fingerprint density at radius 2 is 2.04 bits per heavy atom. The summed E-state index contributed by atoms with van der Waals surface area (Å²) >= 11 is 7.09. The van der Waals surface area contributed by atoms with Crippen LogP contribution in [-0.4, -0.2) is 17.1 Å². The number of nitrogen functional groups attached to an aromatic ring is 1. The first-order valence-electron chi connectivity index (χ1n) is 7.21. The molecule has 0 aliphatic rings. The molecule has 0 bridgehead atoms. The number of carbonyl (C=O) groups is 1. The maximum atomic E-state index is 12.3. The van der Waals surface area contributed by atoms with Crippen molar-refractivity contribution < 1.29 is 4.79 Å². The molecule has 2 aromatic heterocycles. The summed E-state index contributed by atoms with van der Waals surface area (Å²) in [5.74, 6) is -0.349. The van der Waals surface area contributed by atoms with E-state index in [9.17, 15) is 4.79 Å². The van der Waals surface area contributed by atoms with E-state index in [1.165, 1.54) is 11.3 Å². The van der Waals surface area contributed by atoms with Gasteiger partial charge in [0.2, 0.25) is 0 Å². The van der Waals surface area contributed by atoms with Gasteiger partial charge in [-0.3, -0.25) is 4.79 Å². The first-order valence-corrected chi connectivity index (χ1v) is 8.40. The Morgan fingerprint density at radius 3 is 2.75 bits per heavy atom. The number of halogens is 1. The second-order valence-electron chi connectivity index (χ2n) is 5.36. The fourth-order valence-corrected chi connectivity index (χ4v) is 3.64. The van der Waals surface area contributed by atoms with Crippen LogP contribution in [0, 0.1) is 13.8 Å². The number of hydrazone groups is 1. The van der Waals surface area contributed by atoms with E-state index in [0.29, 0.717) is 15.6 Å². The van der Waals surface area contributed by atoms with Crippen LogP contribution in [0.5, 0.6) is 0 Å². The van der Waals surface area contributed by atoms with Crippen molar-refractivity contribution in [1.82, 2.24) is 10.4 Å². The average Bonchev–Trinajstić information content (AvgIpc) is 2.86. The van der Waals surface area contributed by atoms with E-state index in [2.05, 4.69) is 15.5 Å². The molecule has 1 aromatic carbocycles. The number of carbonyl (C=O) groups excluding carboxylic acids is 1. The van der Waals surface area contributed by atoms with Crippen molar-refractivity contribution in [3.05, 3.63) is 57.1 Å². The van der Waals surface area contributed by atoms with Gasteiger partial charge in [0.25, 0.3) is 5.91 Å². The fourth-order valence-electron chi connectivity index (χ4n) is 2.40. The highest BCUT2D eigenvalue weighted by Gasteiger charge is 2.18. The molecule has 24 heavy (non-hydrogen) atoms. The molecule has 0 atom stereocenters. The highest BCUT2D eigenvalue weighted by molar-refractivity contribution is 7.21. The maximum Gasteiger partial charge on any atom is 0.283 e. The van der Waals surface area contributed by atoms with Crippen LogP contribution in [0.4, 0.5) is 5.69 Å². The molecule has 2 heterocycles. The molecule has 3 N–H and O–H groups in total. The number of pyridine rings is 1. The number of aromatic nitrogens is 1. The summed E-state index contributed by atoms with van der Waals surface area (Å²) in [4.78, 5) is 18.0. The van der Waals surface area contributed by atoms with Gasteiger partial charge in [-0.1, -0.05) is 23.7 Å². The number of hydrogen-bond acceptors (Lipinski definition) is 5. The Balaban J connectivity index is 1.82. The zero-order valence-electron chi connectivity index (χ0n) is 13.1. The first-order chi connectivity index (χ1) is 11.5. The molecule has 0 aliphatic carbocycles. The van der Waals surface area contributed by atoms with Gasteiger partial charge in [0.15, 0.2) is 0 Å². The fraction of sp³-hybridized carbons (Fsp3) is 0.118. The van der Waals surface area contributed by atoms with Crippen LogP contribution in [-0.2, 0) is 0 Å². The van der Waals surface area contributed by atoms with Crippen LogP contribution in [0.15, 0.2) is 35.4 Å². The van der Waals surface area contributed by atoms with Crippen molar-refractivity contribution in [2.24, 2.45) is 5.10 Å². The van der Waals surface area contributed by atoms with E-state index in [4.69, 9.17) is 17.3 Å². The highest BCUT2D eigenvalue weighted by Crippen LogP contribution is 2.34. The molecule has 0 fully saturated rings. The lowest BCUT2D eigenvalue weighted by Crippen LogP contribution is -2.17. The molecular formula is C17H15ClN4OS. The first kappa shape index (κ1) is 16.4. The number of amides is 1. The minimum atomic E-state index is -0.349. The van der Waals surface area contributed by atoms with Gasteiger partial charge in [0.1, 0.15) is 9.71 Å².